The van der Waals surface area contributed by atoms with Crippen molar-refractivity contribution in [1.29, 1.82) is 0 Å². The Morgan fingerprint density at radius 1 is 1.29 bits per heavy atom. The highest BCUT2D eigenvalue weighted by atomic mass is 16.6. The van der Waals surface area contributed by atoms with Crippen molar-refractivity contribution in [3.05, 3.63) is 33.9 Å². The first kappa shape index (κ1) is 15.3. The number of nitro benzene ring substituents is 1. The molecular weight excluding hydrogens is 272 g/mol. The zero-order valence-electron chi connectivity index (χ0n) is 12.1. The van der Waals surface area contributed by atoms with Crippen LogP contribution >= 0.6 is 0 Å². The number of hydrogen-bond acceptors (Lipinski definition) is 4. The minimum atomic E-state index is -1.02. The molecule has 6 heteroatoms. The van der Waals surface area contributed by atoms with E-state index < -0.39 is 16.4 Å². The minimum absolute atomic E-state index is 0.0303. The molecule has 1 saturated carbocycles. The molecule has 6 nitrogen and oxygen atoms in total. The SMILES string of the molecule is Cc1ccc([N+](=O)[O-])cc1NC1(C(=O)O)CCCCCC1. The van der Waals surface area contributed by atoms with Crippen LogP contribution in [0.2, 0.25) is 0 Å². The van der Waals surface area contributed by atoms with Crippen LogP contribution in [0, 0.1) is 17.0 Å². The summed E-state index contributed by atoms with van der Waals surface area (Å²) in [5.74, 6) is -0.879. The largest absolute Gasteiger partial charge is 0.480 e. The fourth-order valence-corrected chi connectivity index (χ4v) is 2.84. The van der Waals surface area contributed by atoms with Crippen molar-refractivity contribution in [1.82, 2.24) is 0 Å². The predicted molar refractivity (Wildman–Crippen MR) is 79.5 cm³/mol. The van der Waals surface area contributed by atoms with Crippen molar-refractivity contribution in [2.75, 3.05) is 5.32 Å². The number of benzene rings is 1. The monoisotopic (exact) mass is 292 g/mol. The highest BCUT2D eigenvalue weighted by molar-refractivity contribution is 5.83. The van der Waals surface area contributed by atoms with Crippen LogP contribution in [0.4, 0.5) is 11.4 Å². The molecule has 1 aliphatic carbocycles. The van der Waals surface area contributed by atoms with E-state index in [4.69, 9.17) is 0 Å². The van der Waals surface area contributed by atoms with E-state index in [0.717, 1.165) is 31.2 Å². The molecule has 21 heavy (non-hydrogen) atoms. The minimum Gasteiger partial charge on any atom is -0.480 e. The summed E-state index contributed by atoms with van der Waals surface area (Å²) in [6.07, 6.45) is 4.87. The molecular formula is C15H20N2O4. The number of nitro groups is 1. The van der Waals surface area contributed by atoms with Gasteiger partial charge in [0.2, 0.25) is 0 Å². The Bertz CT molecular complexity index is 549. The molecule has 0 atom stereocenters. The standard InChI is InChI=1S/C15H20N2O4/c1-11-6-7-12(17(20)21)10-13(11)16-15(14(18)19)8-4-2-3-5-9-15/h6-7,10,16H,2-5,8-9H2,1H3,(H,18,19). The van der Waals surface area contributed by atoms with Crippen LogP contribution in [0.5, 0.6) is 0 Å². The van der Waals surface area contributed by atoms with E-state index in [0.29, 0.717) is 18.5 Å². The smallest absolute Gasteiger partial charge is 0.329 e. The third-order valence-electron chi connectivity index (χ3n) is 4.17. The quantitative estimate of drug-likeness (QED) is 0.503. The first-order chi connectivity index (χ1) is 9.94. The molecule has 1 aliphatic rings. The number of hydrogen-bond donors (Lipinski definition) is 2. The second-order valence-corrected chi connectivity index (χ2v) is 5.68. The first-order valence-electron chi connectivity index (χ1n) is 7.21. The summed E-state index contributed by atoms with van der Waals surface area (Å²) in [7, 11) is 0. The summed E-state index contributed by atoms with van der Waals surface area (Å²) in [6, 6.07) is 4.50. The van der Waals surface area contributed by atoms with Crippen LogP contribution in [0.25, 0.3) is 0 Å². The molecule has 114 valence electrons. The number of nitrogens with one attached hydrogen (secondary N) is 1. The van der Waals surface area contributed by atoms with Gasteiger partial charge < -0.3 is 10.4 Å². The lowest BCUT2D eigenvalue weighted by molar-refractivity contribution is -0.384. The number of anilines is 1. The van der Waals surface area contributed by atoms with Crippen molar-refractivity contribution < 1.29 is 14.8 Å². The van der Waals surface area contributed by atoms with Crippen LogP contribution in [-0.2, 0) is 4.79 Å². The lowest BCUT2D eigenvalue weighted by atomic mass is 9.89. The molecule has 0 radical (unpaired) electrons. The summed E-state index contributed by atoms with van der Waals surface area (Å²) < 4.78 is 0. The van der Waals surface area contributed by atoms with Crippen LogP contribution in [-0.4, -0.2) is 21.5 Å². The highest BCUT2D eigenvalue weighted by Crippen LogP contribution is 2.33. The van der Waals surface area contributed by atoms with Gasteiger partial charge in [-0.3, -0.25) is 10.1 Å². The van der Waals surface area contributed by atoms with Crippen molar-refractivity contribution in [3.8, 4) is 0 Å². The van der Waals surface area contributed by atoms with Crippen LogP contribution < -0.4 is 5.32 Å². The molecule has 0 bridgehead atoms. The fourth-order valence-electron chi connectivity index (χ4n) is 2.84. The maximum Gasteiger partial charge on any atom is 0.329 e. The number of aryl methyl sites for hydroxylation is 1. The number of carboxylic acids is 1. The predicted octanol–water partition coefficient (Wildman–Crippen LogP) is 3.49. The average Bonchev–Trinajstić information content (AvgIpc) is 2.67. The normalized spacial score (nSPS) is 17.8. The molecule has 2 rings (SSSR count). The van der Waals surface area contributed by atoms with Gasteiger partial charge in [0.15, 0.2) is 0 Å². The van der Waals surface area contributed by atoms with Gasteiger partial charge in [0.05, 0.1) is 4.92 Å². The number of nitrogens with zero attached hydrogens (tertiary/aromatic N) is 1. The highest BCUT2D eigenvalue weighted by Gasteiger charge is 2.39. The van der Waals surface area contributed by atoms with Gasteiger partial charge in [-0.1, -0.05) is 31.7 Å². The van der Waals surface area contributed by atoms with Gasteiger partial charge in [0.1, 0.15) is 5.54 Å². The van der Waals surface area contributed by atoms with Crippen LogP contribution in [0.3, 0.4) is 0 Å². The number of aliphatic carboxylic acids is 1. The van der Waals surface area contributed by atoms with E-state index >= 15 is 0 Å². The molecule has 0 aliphatic heterocycles. The lowest BCUT2D eigenvalue weighted by Gasteiger charge is -2.31. The molecule has 1 fully saturated rings. The summed E-state index contributed by atoms with van der Waals surface area (Å²) in [6.45, 7) is 1.82. The lowest BCUT2D eigenvalue weighted by Crippen LogP contribution is -2.46. The third-order valence-corrected chi connectivity index (χ3v) is 4.17. The Labute approximate surface area is 123 Å². The fraction of sp³-hybridized carbons (Fsp3) is 0.533. The summed E-state index contributed by atoms with van der Waals surface area (Å²) in [5.41, 5.74) is 0.299. The van der Waals surface area contributed by atoms with Gasteiger partial charge in [0.25, 0.3) is 5.69 Å². The summed E-state index contributed by atoms with van der Waals surface area (Å²) in [5, 5.41) is 23.6. The Kier molecular flexibility index (Phi) is 4.45. The second kappa shape index (κ2) is 6.11. The number of rotatable bonds is 4. The Morgan fingerprint density at radius 3 is 2.43 bits per heavy atom. The third kappa shape index (κ3) is 3.32. The molecule has 0 spiro atoms. The molecule has 2 N–H and O–H groups in total. The molecule has 0 amide bonds. The number of non-ortho nitro benzene ring substituents is 1. The van der Waals surface area contributed by atoms with Gasteiger partial charge in [-0.2, -0.15) is 0 Å². The van der Waals surface area contributed by atoms with Gasteiger partial charge in [-0.25, -0.2) is 4.79 Å². The van der Waals surface area contributed by atoms with Gasteiger partial charge >= 0.3 is 5.97 Å². The van der Waals surface area contributed by atoms with Crippen molar-refractivity contribution >= 4 is 17.3 Å². The molecule has 0 saturated heterocycles. The van der Waals surface area contributed by atoms with Crippen LogP contribution in [0.15, 0.2) is 18.2 Å². The summed E-state index contributed by atoms with van der Waals surface area (Å²) in [4.78, 5) is 22.2. The van der Waals surface area contributed by atoms with E-state index in [9.17, 15) is 20.0 Å². The van der Waals surface area contributed by atoms with Gasteiger partial charge in [0, 0.05) is 17.8 Å². The molecule has 1 aromatic carbocycles. The zero-order valence-corrected chi connectivity index (χ0v) is 12.1. The van der Waals surface area contributed by atoms with Crippen molar-refractivity contribution in [3.63, 3.8) is 0 Å². The average molecular weight is 292 g/mol. The van der Waals surface area contributed by atoms with E-state index in [1.54, 1.807) is 6.07 Å². The summed E-state index contributed by atoms with van der Waals surface area (Å²) >= 11 is 0. The topological polar surface area (TPSA) is 92.5 Å². The Morgan fingerprint density at radius 2 is 1.90 bits per heavy atom. The molecule has 0 heterocycles. The molecule has 0 unspecified atom stereocenters. The van der Waals surface area contributed by atoms with E-state index in [2.05, 4.69) is 5.32 Å². The maximum absolute atomic E-state index is 11.8. The van der Waals surface area contributed by atoms with Gasteiger partial charge in [-0.15, -0.1) is 0 Å². The first-order valence-corrected chi connectivity index (χ1v) is 7.21. The van der Waals surface area contributed by atoms with Gasteiger partial charge in [-0.05, 0) is 25.3 Å². The number of carbonyl (C=O) groups is 1. The Balaban J connectivity index is 2.34. The Hall–Kier alpha value is -2.11. The van der Waals surface area contributed by atoms with Crippen molar-refractivity contribution in [2.45, 2.75) is 51.0 Å². The van der Waals surface area contributed by atoms with E-state index in [1.165, 1.54) is 12.1 Å². The second-order valence-electron chi connectivity index (χ2n) is 5.68. The van der Waals surface area contributed by atoms with Crippen molar-refractivity contribution in [2.24, 2.45) is 0 Å². The van der Waals surface area contributed by atoms with E-state index in [1.807, 2.05) is 6.92 Å². The van der Waals surface area contributed by atoms with E-state index in [-0.39, 0.29) is 5.69 Å². The van der Waals surface area contributed by atoms with Crippen LogP contribution in [0.1, 0.15) is 44.1 Å². The zero-order chi connectivity index (χ0) is 15.5. The number of carboxylic acid groups (broad SMARTS) is 1. The maximum atomic E-state index is 11.8. The molecule has 0 aromatic heterocycles. The molecule has 1 aromatic rings.